The summed E-state index contributed by atoms with van der Waals surface area (Å²) in [6.07, 6.45) is 4.22. The summed E-state index contributed by atoms with van der Waals surface area (Å²) in [5.41, 5.74) is 1.43. The second kappa shape index (κ2) is 7.21. The summed E-state index contributed by atoms with van der Waals surface area (Å²) < 4.78 is 4.63. The normalized spacial score (nSPS) is 15.6. The number of hydrogen-bond acceptors (Lipinski definition) is 5. The van der Waals surface area contributed by atoms with E-state index >= 15 is 0 Å². The van der Waals surface area contributed by atoms with Crippen molar-refractivity contribution in [3.05, 3.63) is 29.6 Å². The van der Waals surface area contributed by atoms with E-state index in [1.165, 1.54) is 33.0 Å². The van der Waals surface area contributed by atoms with Crippen LogP contribution < -0.4 is 5.32 Å². The van der Waals surface area contributed by atoms with Crippen LogP contribution in [0.2, 0.25) is 0 Å². The Bertz CT molecular complexity index is 400. The number of aromatic nitrogens is 1. The number of rotatable bonds is 6. The summed E-state index contributed by atoms with van der Waals surface area (Å²) in [6.45, 7) is 5.26. The summed E-state index contributed by atoms with van der Waals surface area (Å²) in [5, 5.41) is 3.37. The number of nitrogens with zero attached hydrogens (tertiary/aromatic N) is 2. The van der Waals surface area contributed by atoms with E-state index in [2.05, 4.69) is 19.9 Å². The average molecular weight is 263 g/mol. The quantitative estimate of drug-likeness (QED) is 0.614. The number of carbonyl (C=O) groups excluding carboxylic acids is 1. The highest BCUT2D eigenvalue weighted by molar-refractivity contribution is 5.88. The van der Waals surface area contributed by atoms with Gasteiger partial charge in [0.15, 0.2) is 0 Å². The third-order valence-corrected chi connectivity index (χ3v) is 3.36. The molecule has 104 valence electrons. The second-order valence-corrected chi connectivity index (χ2v) is 4.76. The number of nitrogens with one attached hydrogen (secondary N) is 1. The minimum atomic E-state index is -0.346. The van der Waals surface area contributed by atoms with Crippen molar-refractivity contribution in [1.82, 2.24) is 15.2 Å². The summed E-state index contributed by atoms with van der Waals surface area (Å²) in [7, 11) is 1.37. The van der Waals surface area contributed by atoms with E-state index in [9.17, 15) is 4.79 Å². The monoisotopic (exact) mass is 263 g/mol. The van der Waals surface area contributed by atoms with Crippen molar-refractivity contribution in [2.24, 2.45) is 0 Å². The number of hydrogen-bond donors (Lipinski definition) is 1. The summed E-state index contributed by atoms with van der Waals surface area (Å²) in [6, 6.07) is 3.60. The zero-order valence-electron chi connectivity index (χ0n) is 11.4. The van der Waals surface area contributed by atoms with Gasteiger partial charge in [-0.2, -0.15) is 0 Å². The summed E-state index contributed by atoms with van der Waals surface area (Å²) in [4.78, 5) is 18.0. The maximum absolute atomic E-state index is 11.2. The van der Waals surface area contributed by atoms with Gasteiger partial charge in [-0.25, -0.2) is 4.79 Å². The Labute approximate surface area is 114 Å². The molecule has 0 bridgehead atoms. The molecule has 0 aromatic carbocycles. The molecule has 1 fully saturated rings. The van der Waals surface area contributed by atoms with Gasteiger partial charge in [0, 0.05) is 25.8 Å². The smallest absolute Gasteiger partial charge is 0.339 e. The predicted molar refractivity (Wildman–Crippen MR) is 73.0 cm³/mol. The summed E-state index contributed by atoms with van der Waals surface area (Å²) in [5.74, 6) is -0.346. The highest BCUT2D eigenvalue weighted by Gasteiger charge is 2.10. The fraction of sp³-hybridized carbons (Fsp3) is 0.571. The molecule has 1 N–H and O–H groups in total. The van der Waals surface area contributed by atoms with E-state index in [1.54, 1.807) is 12.3 Å². The molecule has 0 unspecified atom stereocenters. The van der Waals surface area contributed by atoms with Gasteiger partial charge in [0.05, 0.1) is 18.4 Å². The van der Waals surface area contributed by atoms with E-state index in [1.807, 2.05) is 6.07 Å². The Balaban J connectivity index is 1.69. The fourth-order valence-electron chi connectivity index (χ4n) is 2.23. The molecule has 0 atom stereocenters. The summed E-state index contributed by atoms with van der Waals surface area (Å²) >= 11 is 0. The van der Waals surface area contributed by atoms with Gasteiger partial charge in [-0.05, 0) is 38.1 Å². The van der Waals surface area contributed by atoms with Crippen molar-refractivity contribution in [3.63, 3.8) is 0 Å². The Kier molecular flexibility index (Phi) is 5.30. The Hall–Kier alpha value is -1.46. The number of pyridine rings is 1. The second-order valence-electron chi connectivity index (χ2n) is 4.76. The van der Waals surface area contributed by atoms with Gasteiger partial charge in [-0.1, -0.05) is 0 Å². The Morgan fingerprint density at radius 3 is 2.84 bits per heavy atom. The first-order valence-electron chi connectivity index (χ1n) is 6.76. The topological polar surface area (TPSA) is 54.5 Å². The first-order chi connectivity index (χ1) is 9.29. The van der Waals surface area contributed by atoms with E-state index in [0.717, 1.165) is 25.3 Å². The van der Waals surface area contributed by atoms with Crippen LogP contribution in [0, 0.1) is 0 Å². The molecule has 1 aliphatic rings. The van der Waals surface area contributed by atoms with Gasteiger partial charge in [-0.3, -0.25) is 4.98 Å². The lowest BCUT2D eigenvalue weighted by Gasteiger charge is -2.14. The number of likely N-dealkylation sites (tertiary alicyclic amines) is 1. The number of esters is 1. The van der Waals surface area contributed by atoms with Crippen molar-refractivity contribution in [3.8, 4) is 0 Å². The largest absolute Gasteiger partial charge is 0.465 e. The van der Waals surface area contributed by atoms with Gasteiger partial charge in [0.25, 0.3) is 0 Å². The number of ether oxygens (including phenoxy) is 1. The molecule has 0 saturated carbocycles. The van der Waals surface area contributed by atoms with Crippen molar-refractivity contribution >= 4 is 5.97 Å². The molecule has 19 heavy (non-hydrogen) atoms. The lowest BCUT2D eigenvalue weighted by molar-refractivity contribution is 0.0600. The Morgan fingerprint density at radius 2 is 2.21 bits per heavy atom. The molecule has 1 saturated heterocycles. The molecular formula is C14H21N3O2. The molecule has 1 aliphatic heterocycles. The fourth-order valence-corrected chi connectivity index (χ4v) is 2.23. The number of carbonyl (C=O) groups is 1. The highest BCUT2D eigenvalue weighted by atomic mass is 16.5. The average Bonchev–Trinajstić information content (AvgIpc) is 2.96. The van der Waals surface area contributed by atoms with Crippen molar-refractivity contribution < 1.29 is 9.53 Å². The third kappa shape index (κ3) is 4.29. The van der Waals surface area contributed by atoms with Crippen molar-refractivity contribution in [2.75, 3.05) is 33.3 Å². The SMILES string of the molecule is COC(=O)c1ccc(CNCCN2CCCC2)nc1. The van der Waals surface area contributed by atoms with Gasteiger partial charge < -0.3 is 15.0 Å². The van der Waals surface area contributed by atoms with Crippen molar-refractivity contribution in [1.29, 1.82) is 0 Å². The van der Waals surface area contributed by atoms with Crippen LogP contribution in [0.25, 0.3) is 0 Å². The number of methoxy groups -OCH3 is 1. The van der Waals surface area contributed by atoms with Crippen LogP contribution >= 0.6 is 0 Å². The molecule has 0 radical (unpaired) electrons. The maximum Gasteiger partial charge on any atom is 0.339 e. The van der Waals surface area contributed by atoms with E-state index in [-0.39, 0.29) is 5.97 Å². The van der Waals surface area contributed by atoms with Crippen LogP contribution in [0.3, 0.4) is 0 Å². The van der Waals surface area contributed by atoms with Crippen LogP contribution in [0.4, 0.5) is 0 Å². The van der Waals surface area contributed by atoms with E-state index < -0.39 is 0 Å². The minimum Gasteiger partial charge on any atom is -0.465 e. The van der Waals surface area contributed by atoms with Crippen LogP contribution in [-0.4, -0.2) is 49.1 Å². The molecule has 0 amide bonds. The van der Waals surface area contributed by atoms with Crippen LogP contribution in [0.1, 0.15) is 28.9 Å². The van der Waals surface area contributed by atoms with Gasteiger partial charge in [0.1, 0.15) is 0 Å². The zero-order valence-corrected chi connectivity index (χ0v) is 11.4. The van der Waals surface area contributed by atoms with Gasteiger partial charge in [-0.15, -0.1) is 0 Å². The molecular weight excluding hydrogens is 242 g/mol. The third-order valence-electron chi connectivity index (χ3n) is 3.36. The molecule has 0 aliphatic carbocycles. The molecule has 0 spiro atoms. The minimum absolute atomic E-state index is 0.346. The van der Waals surface area contributed by atoms with Gasteiger partial charge in [0.2, 0.25) is 0 Å². The van der Waals surface area contributed by atoms with Crippen LogP contribution in [0.15, 0.2) is 18.3 Å². The zero-order chi connectivity index (χ0) is 13.5. The van der Waals surface area contributed by atoms with Gasteiger partial charge >= 0.3 is 5.97 Å². The lowest BCUT2D eigenvalue weighted by Crippen LogP contribution is -2.29. The predicted octanol–water partition coefficient (Wildman–Crippen LogP) is 1.05. The first kappa shape index (κ1) is 14.0. The van der Waals surface area contributed by atoms with Crippen molar-refractivity contribution in [2.45, 2.75) is 19.4 Å². The van der Waals surface area contributed by atoms with Crippen LogP contribution in [0.5, 0.6) is 0 Å². The molecule has 5 nitrogen and oxygen atoms in total. The molecule has 1 aromatic rings. The molecule has 5 heteroatoms. The molecule has 1 aromatic heterocycles. The van der Waals surface area contributed by atoms with E-state index in [4.69, 9.17) is 0 Å². The lowest BCUT2D eigenvalue weighted by atomic mass is 10.2. The Morgan fingerprint density at radius 1 is 1.42 bits per heavy atom. The molecule has 2 rings (SSSR count). The molecule has 2 heterocycles. The van der Waals surface area contributed by atoms with E-state index in [0.29, 0.717) is 5.56 Å². The maximum atomic E-state index is 11.2. The first-order valence-corrected chi connectivity index (χ1v) is 6.76. The standard InChI is InChI=1S/C14H21N3O2/c1-19-14(18)12-4-5-13(16-10-12)11-15-6-9-17-7-2-3-8-17/h4-5,10,15H,2-3,6-9,11H2,1H3. The highest BCUT2D eigenvalue weighted by Crippen LogP contribution is 2.05. The van der Waals surface area contributed by atoms with Crippen LogP contribution in [-0.2, 0) is 11.3 Å².